The second-order valence-corrected chi connectivity index (χ2v) is 10.9. The average molecular weight is 565 g/mol. The topological polar surface area (TPSA) is 56.7 Å². The smallest absolute Gasteiger partial charge is 0.164 e. The molecule has 0 aliphatic rings. The third-order valence-corrected chi connectivity index (χ3v) is 8.22. The van der Waals surface area contributed by atoms with Gasteiger partial charge in [0.2, 0.25) is 0 Å². The van der Waals surface area contributed by atoms with Crippen molar-refractivity contribution in [1.29, 1.82) is 0 Å². The summed E-state index contributed by atoms with van der Waals surface area (Å²) in [5.41, 5.74) is 7.54. The molecule has 44 heavy (non-hydrogen) atoms. The molecule has 9 aromatic rings. The van der Waals surface area contributed by atoms with Crippen molar-refractivity contribution in [3.05, 3.63) is 146 Å². The van der Waals surface area contributed by atoms with Crippen LogP contribution in [0.3, 0.4) is 0 Å². The van der Waals surface area contributed by atoms with Crippen LogP contribution in [0.5, 0.6) is 0 Å². The van der Waals surface area contributed by atoms with E-state index >= 15 is 0 Å². The highest BCUT2D eigenvalue weighted by atomic mass is 16.3. The molecule has 0 N–H and O–H groups in total. The van der Waals surface area contributed by atoms with Crippen molar-refractivity contribution >= 4 is 43.7 Å². The molecule has 0 bridgehead atoms. The third-order valence-electron chi connectivity index (χ3n) is 8.22. The molecule has 0 saturated heterocycles. The lowest BCUT2D eigenvalue weighted by molar-refractivity contribution is 0.664. The van der Waals surface area contributed by atoms with Crippen LogP contribution in [0.2, 0.25) is 0 Å². The first kappa shape index (κ1) is 24.5. The van der Waals surface area contributed by atoms with Gasteiger partial charge in [0.25, 0.3) is 0 Å². The third kappa shape index (κ3) is 3.83. The van der Waals surface area contributed by atoms with E-state index in [9.17, 15) is 0 Å². The van der Waals surface area contributed by atoms with Gasteiger partial charge >= 0.3 is 0 Å². The van der Waals surface area contributed by atoms with Gasteiger partial charge in [0, 0.05) is 33.2 Å². The summed E-state index contributed by atoms with van der Waals surface area (Å²) in [5, 5.41) is 4.46. The van der Waals surface area contributed by atoms with Crippen LogP contribution in [-0.2, 0) is 0 Å². The molecule has 5 heteroatoms. The Kier molecular flexibility index (Phi) is 5.43. The maximum Gasteiger partial charge on any atom is 0.164 e. The molecule has 3 heterocycles. The summed E-state index contributed by atoms with van der Waals surface area (Å²) >= 11 is 0. The van der Waals surface area contributed by atoms with Gasteiger partial charge in [-0.15, -0.1) is 0 Å². The van der Waals surface area contributed by atoms with Crippen LogP contribution in [0.25, 0.3) is 83.6 Å². The Morgan fingerprint density at radius 1 is 0.409 bits per heavy atom. The quantitative estimate of drug-likeness (QED) is 0.213. The number of fused-ring (bicyclic) bond motifs is 2. The van der Waals surface area contributed by atoms with Gasteiger partial charge in [0.1, 0.15) is 11.2 Å². The molecular formula is C39H24N4O. The van der Waals surface area contributed by atoms with Gasteiger partial charge in [-0.05, 0) is 41.8 Å². The van der Waals surface area contributed by atoms with E-state index in [-0.39, 0.29) is 0 Å². The predicted molar refractivity (Wildman–Crippen MR) is 178 cm³/mol. The van der Waals surface area contributed by atoms with E-state index in [1.54, 1.807) is 0 Å². The standard InChI is InChI=1S/C39H24N4O/c1-4-13-25(14-5-1)37-40-38(26-15-6-2-7-16-26)42-39(41-37)27-23-32-36-34(24-27)44-33-22-11-10-19-29(33)30-20-12-21-31(35(30)36)43(32)28-17-8-3-9-18-28/h1-24H. The van der Waals surface area contributed by atoms with Crippen LogP contribution in [0, 0.1) is 0 Å². The molecule has 0 unspecified atom stereocenters. The molecule has 5 nitrogen and oxygen atoms in total. The van der Waals surface area contributed by atoms with Crippen molar-refractivity contribution in [2.24, 2.45) is 0 Å². The number of hydrogen-bond donors (Lipinski definition) is 0. The number of aromatic nitrogens is 4. The molecule has 0 aliphatic carbocycles. The molecule has 0 aliphatic heterocycles. The molecule has 0 fully saturated rings. The summed E-state index contributed by atoms with van der Waals surface area (Å²) in [5.74, 6) is 1.83. The number of nitrogens with zero attached hydrogens (tertiary/aromatic N) is 4. The van der Waals surface area contributed by atoms with Crippen molar-refractivity contribution in [2.75, 3.05) is 0 Å². The lowest BCUT2D eigenvalue weighted by atomic mass is 10.0. The van der Waals surface area contributed by atoms with Crippen LogP contribution >= 0.6 is 0 Å². The number of benzene rings is 6. The first-order chi connectivity index (χ1) is 21.8. The number of para-hydroxylation sites is 2. The number of hydrogen-bond acceptors (Lipinski definition) is 4. The van der Waals surface area contributed by atoms with Gasteiger partial charge in [0.05, 0.1) is 16.4 Å². The SMILES string of the molecule is c1ccc(-c2nc(-c3ccccc3)nc(-c3cc4oc5ccccc5c5cccc6c5c4c(c3)n6-c3ccccc3)n2)cc1. The summed E-state index contributed by atoms with van der Waals surface area (Å²) in [6, 6.07) is 49.6. The zero-order chi connectivity index (χ0) is 29.0. The van der Waals surface area contributed by atoms with Crippen molar-refractivity contribution in [3.63, 3.8) is 0 Å². The van der Waals surface area contributed by atoms with Crippen LogP contribution in [0.4, 0.5) is 0 Å². The maximum absolute atomic E-state index is 6.78. The Labute approximate surface area is 252 Å². The summed E-state index contributed by atoms with van der Waals surface area (Å²) in [6.45, 7) is 0. The van der Waals surface area contributed by atoms with Gasteiger partial charge in [0.15, 0.2) is 17.5 Å². The maximum atomic E-state index is 6.78. The van der Waals surface area contributed by atoms with Gasteiger partial charge in [-0.1, -0.05) is 109 Å². The normalized spacial score (nSPS) is 11.6. The molecule has 0 saturated carbocycles. The van der Waals surface area contributed by atoms with Gasteiger partial charge in [-0.25, -0.2) is 15.0 Å². The largest absolute Gasteiger partial charge is 0.456 e. The molecule has 3 aromatic heterocycles. The molecule has 6 aromatic carbocycles. The molecular weight excluding hydrogens is 540 g/mol. The predicted octanol–water partition coefficient (Wildman–Crippen LogP) is 9.87. The van der Waals surface area contributed by atoms with E-state index < -0.39 is 0 Å². The highest BCUT2D eigenvalue weighted by Crippen LogP contribution is 2.42. The fourth-order valence-electron chi connectivity index (χ4n) is 6.27. The summed E-state index contributed by atoms with van der Waals surface area (Å²) < 4.78 is 9.09. The molecule has 0 atom stereocenters. The van der Waals surface area contributed by atoms with Gasteiger partial charge < -0.3 is 8.98 Å². The number of rotatable bonds is 4. The van der Waals surface area contributed by atoms with Crippen LogP contribution < -0.4 is 0 Å². The van der Waals surface area contributed by atoms with Crippen LogP contribution in [-0.4, -0.2) is 19.5 Å². The first-order valence-electron chi connectivity index (χ1n) is 14.6. The Morgan fingerprint density at radius 2 is 0.977 bits per heavy atom. The lowest BCUT2D eigenvalue weighted by Gasteiger charge is -2.11. The van der Waals surface area contributed by atoms with E-state index in [4.69, 9.17) is 19.4 Å². The van der Waals surface area contributed by atoms with Crippen LogP contribution in [0.1, 0.15) is 0 Å². The van der Waals surface area contributed by atoms with Crippen molar-refractivity contribution in [3.8, 4) is 39.9 Å². The monoisotopic (exact) mass is 564 g/mol. The minimum absolute atomic E-state index is 0.585. The second-order valence-electron chi connectivity index (χ2n) is 10.9. The Bertz CT molecular complexity index is 2420. The minimum atomic E-state index is 0.585. The minimum Gasteiger partial charge on any atom is -0.456 e. The summed E-state index contributed by atoms with van der Waals surface area (Å²) in [4.78, 5) is 15.0. The van der Waals surface area contributed by atoms with Crippen molar-refractivity contribution in [2.45, 2.75) is 0 Å². The fourth-order valence-corrected chi connectivity index (χ4v) is 6.27. The zero-order valence-electron chi connectivity index (χ0n) is 23.6. The Hall–Kier alpha value is -6.07. The Balaban J connectivity index is 1.42. The van der Waals surface area contributed by atoms with E-state index in [2.05, 4.69) is 71.3 Å². The molecule has 0 radical (unpaired) electrons. The zero-order valence-corrected chi connectivity index (χ0v) is 23.6. The molecule has 0 spiro atoms. The lowest BCUT2D eigenvalue weighted by Crippen LogP contribution is -2.00. The second kappa shape index (κ2) is 9.75. The Morgan fingerprint density at radius 3 is 1.66 bits per heavy atom. The van der Waals surface area contributed by atoms with E-state index in [1.807, 2.05) is 78.9 Å². The highest BCUT2D eigenvalue weighted by Gasteiger charge is 2.21. The highest BCUT2D eigenvalue weighted by molar-refractivity contribution is 6.27. The van der Waals surface area contributed by atoms with Crippen molar-refractivity contribution in [1.82, 2.24) is 19.5 Å². The summed E-state index contributed by atoms with van der Waals surface area (Å²) in [6.07, 6.45) is 0. The van der Waals surface area contributed by atoms with E-state index in [1.165, 1.54) is 5.39 Å². The average Bonchev–Trinajstić information content (AvgIpc) is 3.36. The molecule has 206 valence electrons. The first-order valence-corrected chi connectivity index (χ1v) is 14.6. The molecule has 9 rings (SSSR count). The van der Waals surface area contributed by atoms with Gasteiger partial charge in [-0.2, -0.15) is 0 Å². The molecule has 0 amide bonds. The van der Waals surface area contributed by atoms with Gasteiger partial charge in [-0.3, -0.25) is 0 Å². The van der Waals surface area contributed by atoms with Crippen LogP contribution in [0.15, 0.2) is 150 Å². The summed E-state index contributed by atoms with van der Waals surface area (Å²) in [7, 11) is 0. The fraction of sp³-hybridized carbons (Fsp3) is 0. The van der Waals surface area contributed by atoms with E-state index in [0.717, 1.165) is 60.7 Å². The van der Waals surface area contributed by atoms with E-state index in [0.29, 0.717) is 17.5 Å². The van der Waals surface area contributed by atoms with Crippen molar-refractivity contribution < 1.29 is 4.42 Å².